The Morgan fingerprint density at radius 1 is 0.579 bits per heavy atom. The Balaban J connectivity index is 0. The molecule has 0 saturated carbocycles. The van der Waals surface area contributed by atoms with Crippen LogP contribution in [-0.4, -0.2) is 0 Å². The van der Waals surface area contributed by atoms with Crippen LogP contribution in [0.2, 0.25) is 0 Å². The van der Waals surface area contributed by atoms with Gasteiger partial charge in [0.1, 0.15) is 0 Å². The standard InChI is InChI=1S/C8H11Cl.C8H12.2Ir/c9-8-6-4-2-1-3-5-7-8;1-2-4-6-8-7-5-3-1;;/h1-2,7H,3-6H2;1-2,7-8H,3-6H2;;/b2-1-,8-7+;2-1-,8-7-;;. The van der Waals surface area contributed by atoms with Crippen molar-refractivity contribution < 1.29 is 40.2 Å². The van der Waals surface area contributed by atoms with E-state index in [9.17, 15) is 0 Å². The number of allylic oxidation sites excluding steroid dienone is 8. The van der Waals surface area contributed by atoms with Gasteiger partial charge in [0.15, 0.2) is 0 Å². The Labute approximate surface area is 150 Å². The van der Waals surface area contributed by atoms with Crippen LogP contribution < -0.4 is 0 Å². The minimum atomic E-state index is 0. The van der Waals surface area contributed by atoms with E-state index in [1.165, 1.54) is 25.7 Å². The van der Waals surface area contributed by atoms with E-state index in [2.05, 4.69) is 42.5 Å². The number of halogens is 1. The Hall–Kier alpha value is 0.549. The number of hydrogen-bond acceptors (Lipinski definition) is 0. The predicted octanol–water partition coefficient (Wildman–Crippen LogP) is 5.91. The monoisotopic (exact) mass is 636 g/mol. The van der Waals surface area contributed by atoms with Gasteiger partial charge in [-0.05, 0) is 51.4 Å². The largest absolute Gasteiger partial charge is 0.0895 e. The Morgan fingerprint density at radius 2 is 0.947 bits per heavy atom. The quantitative estimate of drug-likeness (QED) is 0.291. The first-order chi connectivity index (χ1) is 8.39. The number of hydrogen-bond donors (Lipinski definition) is 0. The average molecular weight is 635 g/mol. The van der Waals surface area contributed by atoms with Crippen molar-refractivity contribution >= 4 is 11.6 Å². The van der Waals surface area contributed by atoms with Crippen molar-refractivity contribution in [3.8, 4) is 0 Å². The first-order valence-corrected chi connectivity index (χ1v) is 7.07. The van der Waals surface area contributed by atoms with Crippen LogP contribution in [0, 0.1) is 0 Å². The van der Waals surface area contributed by atoms with Gasteiger partial charge >= 0.3 is 0 Å². The van der Waals surface area contributed by atoms with E-state index >= 15 is 0 Å². The minimum absolute atomic E-state index is 0. The maximum Gasteiger partial charge on any atom is 0.0144 e. The summed E-state index contributed by atoms with van der Waals surface area (Å²) in [6.07, 6.45) is 24.9. The second kappa shape index (κ2) is 16.6. The van der Waals surface area contributed by atoms with Crippen LogP contribution >= 0.6 is 11.6 Å². The maximum atomic E-state index is 5.82. The zero-order chi connectivity index (χ0) is 12.2. The Kier molecular flexibility index (Phi) is 19.1. The van der Waals surface area contributed by atoms with Crippen LogP contribution in [0.3, 0.4) is 0 Å². The summed E-state index contributed by atoms with van der Waals surface area (Å²) in [6.45, 7) is 0. The van der Waals surface area contributed by atoms with Gasteiger partial charge in [0.05, 0.1) is 0 Å². The predicted molar refractivity (Wildman–Crippen MR) is 78.3 cm³/mol. The fraction of sp³-hybridized carbons (Fsp3) is 0.500. The van der Waals surface area contributed by atoms with Crippen molar-refractivity contribution in [2.75, 3.05) is 0 Å². The fourth-order valence-corrected chi connectivity index (χ4v) is 1.97. The summed E-state index contributed by atoms with van der Waals surface area (Å²) in [5.41, 5.74) is 0. The summed E-state index contributed by atoms with van der Waals surface area (Å²) < 4.78 is 0. The van der Waals surface area contributed by atoms with Crippen LogP contribution in [0.1, 0.15) is 51.4 Å². The molecule has 0 atom stereocenters. The minimum Gasteiger partial charge on any atom is -0.0895 e. The fourth-order valence-electron chi connectivity index (χ4n) is 1.75. The van der Waals surface area contributed by atoms with Gasteiger partial charge in [-0.3, -0.25) is 0 Å². The van der Waals surface area contributed by atoms with Gasteiger partial charge in [0.25, 0.3) is 0 Å². The maximum absolute atomic E-state index is 5.82. The molecule has 0 heterocycles. The summed E-state index contributed by atoms with van der Waals surface area (Å²) >= 11 is 5.82. The smallest absolute Gasteiger partial charge is 0.0144 e. The Morgan fingerprint density at radius 3 is 1.42 bits per heavy atom. The molecule has 0 bridgehead atoms. The first kappa shape index (κ1) is 21.8. The SMILES string of the molecule is C1=C\CC/C=C\CC/1.Cl/C1=C/CC/C=C\CC1.[Ir].[Ir]. The van der Waals surface area contributed by atoms with Crippen LogP contribution in [0.15, 0.2) is 47.6 Å². The van der Waals surface area contributed by atoms with E-state index in [0.29, 0.717) is 0 Å². The average Bonchev–Trinajstić information content (AvgIpc) is 2.23. The van der Waals surface area contributed by atoms with Crippen LogP contribution in [0.25, 0.3) is 0 Å². The molecule has 0 nitrogen and oxygen atoms in total. The normalized spacial score (nSPS) is 25.8. The van der Waals surface area contributed by atoms with E-state index in [1.54, 1.807) is 0 Å². The third kappa shape index (κ3) is 14.8. The van der Waals surface area contributed by atoms with Crippen LogP contribution in [0.4, 0.5) is 0 Å². The summed E-state index contributed by atoms with van der Waals surface area (Å²) in [5, 5.41) is 1.03. The zero-order valence-electron chi connectivity index (χ0n) is 11.2. The molecule has 0 aliphatic heterocycles. The van der Waals surface area contributed by atoms with Crippen LogP contribution in [-0.2, 0) is 40.2 Å². The molecule has 0 spiro atoms. The van der Waals surface area contributed by atoms with Gasteiger partial charge < -0.3 is 0 Å². The van der Waals surface area contributed by atoms with Gasteiger partial charge in [-0.2, -0.15) is 0 Å². The third-order valence-corrected chi connectivity index (χ3v) is 3.09. The summed E-state index contributed by atoms with van der Waals surface area (Å²) in [4.78, 5) is 0. The molecule has 2 radical (unpaired) electrons. The molecule has 0 fully saturated rings. The molecule has 19 heavy (non-hydrogen) atoms. The zero-order valence-corrected chi connectivity index (χ0v) is 16.8. The molecule has 2 aliphatic rings. The van der Waals surface area contributed by atoms with Crippen molar-refractivity contribution in [1.82, 2.24) is 0 Å². The second-order valence-corrected chi connectivity index (χ2v) is 4.82. The molecule has 0 amide bonds. The van der Waals surface area contributed by atoms with Crippen molar-refractivity contribution in [3.05, 3.63) is 47.6 Å². The molecule has 3 heteroatoms. The molecule has 0 unspecified atom stereocenters. The number of rotatable bonds is 0. The van der Waals surface area contributed by atoms with Crippen molar-refractivity contribution in [3.63, 3.8) is 0 Å². The van der Waals surface area contributed by atoms with E-state index in [4.69, 9.17) is 11.6 Å². The summed E-state index contributed by atoms with van der Waals surface area (Å²) in [6, 6.07) is 0. The van der Waals surface area contributed by atoms with Crippen molar-refractivity contribution in [1.29, 1.82) is 0 Å². The second-order valence-electron chi connectivity index (χ2n) is 4.34. The molecule has 2 aliphatic carbocycles. The molecule has 2 rings (SSSR count). The van der Waals surface area contributed by atoms with E-state index in [0.717, 1.165) is 30.7 Å². The molecule has 0 N–H and O–H groups in total. The van der Waals surface area contributed by atoms with E-state index in [1.807, 2.05) is 0 Å². The molecule has 0 aromatic rings. The van der Waals surface area contributed by atoms with Gasteiger partial charge in [0, 0.05) is 45.2 Å². The molecular formula is C16H23ClIr2. The molecular weight excluding hydrogens is 612 g/mol. The summed E-state index contributed by atoms with van der Waals surface area (Å²) in [5.74, 6) is 0. The van der Waals surface area contributed by atoms with Gasteiger partial charge in [-0.25, -0.2) is 0 Å². The van der Waals surface area contributed by atoms with E-state index in [-0.39, 0.29) is 40.2 Å². The molecule has 0 aromatic carbocycles. The molecule has 0 saturated heterocycles. The summed E-state index contributed by atoms with van der Waals surface area (Å²) in [7, 11) is 0. The van der Waals surface area contributed by atoms with Gasteiger partial charge in [-0.1, -0.05) is 54.1 Å². The van der Waals surface area contributed by atoms with Gasteiger partial charge in [0.2, 0.25) is 0 Å². The van der Waals surface area contributed by atoms with E-state index < -0.39 is 0 Å². The van der Waals surface area contributed by atoms with Crippen molar-refractivity contribution in [2.24, 2.45) is 0 Å². The molecule has 112 valence electrons. The third-order valence-electron chi connectivity index (χ3n) is 2.75. The first-order valence-electron chi connectivity index (χ1n) is 6.69. The van der Waals surface area contributed by atoms with Gasteiger partial charge in [-0.15, -0.1) is 0 Å². The van der Waals surface area contributed by atoms with Crippen LogP contribution in [0.5, 0.6) is 0 Å². The topological polar surface area (TPSA) is 0 Å². The molecule has 0 aromatic heterocycles. The van der Waals surface area contributed by atoms with Crippen molar-refractivity contribution in [2.45, 2.75) is 51.4 Å². The Bertz CT molecular complexity index is 278.